The monoisotopic (exact) mass is 286 g/mol. The van der Waals surface area contributed by atoms with Crippen molar-refractivity contribution in [1.82, 2.24) is 10.2 Å². The van der Waals surface area contributed by atoms with Crippen molar-refractivity contribution in [2.45, 2.75) is 51.6 Å². The molecule has 1 N–H and O–H groups in total. The fraction of sp³-hybridized carbons (Fsp3) is 0.933. The van der Waals surface area contributed by atoms with Crippen LogP contribution >= 0.6 is 0 Å². The second kappa shape index (κ2) is 8.60. The Morgan fingerprint density at radius 2 is 2.25 bits per heavy atom. The number of nitrogens with zero attached hydrogens (tertiary/aromatic N) is 1. The zero-order chi connectivity index (χ0) is 15.0. The molecule has 0 saturated carbocycles. The van der Waals surface area contributed by atoms with Crippen LogP contribution in [0, 0.1) is 0 Å². The Morgan fingerprint density at radius 1 is 1.50 bits per heavy atom. The third-order valence-corrected chi connectivity index (χ3v) is 4.12. The maximum atomic E-state index is 12.0. The molecule has 1 saturated heterocycles. The van der Waals surface area contributed by atoms with Crippen LogP contribution in [0.2, 0.25) is 0 Å². The molecule has 0 bridgehead atoms. The summed E-state index contributed by atoms with van der Waals surface area (Å²) < 4.78 is 10.5. The van der Waals surface area contributed by atoms with Gasteiger partial charge in [0.05, 0.1) is 20.3 Å². The van der Waals surface area contributed by atoms with Gasteiger partial charge in [-0.15, -0.1) is 0 Å². The summed E-state index contributed by atoms with van der Waals surface area (Å²) in [5.74, 6) is -0.174. The van der Waals surface area contributed by atoms with E-state index < -0.39 is 5.54 Å². The molecule has 1 aliphatic rings. The average Bonchev–Trinajstić information content (AvgIpc) is 2.50. The minimum absolute atomic E-state index is 0.174. The first kappa shape index (κ1) is 17.4. The van der Waals surface area contributed by atoms with Crippen molar-refractivity contribution in [3.05, 3.63) is 0 Å². The zero-order valence-corrected chi connectivity index (χ0v) is 13.4. The molecule has 0 spiro atoms. The van der Waals surface area contributed by atoms with Crippen LogP contribution < -0.4 is 5.32 Å². The molecule has 0 aromatic carbocycles. The summed E-state index contributed by atoms with van der Waals surface area (Å²) in [6, 6.07) is 0.469. The zero-order valence-electron chi connectivity index (χ0n) is 13.4. The molecule has 5 nitrogen and oxygen atoms in total. The number of esters is 1. The fourth-order valence-electron chi connectivity index (χ4n) is 2.62. The largest absolute Gasteiger partial charge is 0.468 e. The Labute approximate surface area is 123 Å². The minimum Gasteiger partial charge on any atom is -0.468 e. The van der Waals surface area contributed by atoms with E-state index in [0.29, 0.717) is 6.04 Å². The highest BCUT2D eigenvalue weighted by Crippen LogP contribution is 2.17. The lowest BCUT2D eigenvalue weighted by atomic mass is 9.96. The molecule has 2 atom stereocenters. The molecule has 118 valence electrons. The van der Waals surface area contributed by atoms with E-state index in [0.717, 1.165) is 52.1 Å². The van der Waals surface area contributed by atoms with Crippen LogP contribution in [0.15, 0.2) is 0 Å². The van der Waals surface area contributed by atoms with Crippen molar-refractivity contribution in [2.24, 2.45) is 0 Å². The van der Waals surface area contributed by atoms with E-state index in [4.69, 9.17) is 9.47 Å². The van der Waals surface area contributed by atoms with E-state index in [1.807, 2.05) is 6.92 Å². The molecule has 1 heterocycles. The second-order valence-electron chi connectivity index (χ2n) is 5.67. The van der Waals surface area contributed by atoms with Gasteiger partial charge in [0.2, 0.25) is 0 Å². The quantitative estimate of drug-likeness (QED) is 0.684. The molecular formula is C15H30N2O3. The minimum atomic E-state index is -0.596. The van der Waals surface area contributed by atoms with Gasteiger partial charge in [0, 0.05) is 19.1 Å². The highest BCUT2D eigenvalue weighted by Gasteiger charge is 2.34. The van der Waals surface area contributed by atoms with Gasteiger partial charge >= 0.3 is 5.97 Å². The molecule has 0 amide bonds. The van der Waals surface area contributed by atoms with Crippen LogP contribution in [-0.2, 0) is 14.3 Å². The van der Waals surface area contributed by atoms with E-state index in [-0.39, 0.29) is 5.97 Å². The van der Waals surface area contributed by atoms with Crippen LogP contribution in [0.1, 0.15) is 40.0 Å². The van der Waals surface area contributed by atoms with Gasteiger partial charge in [0.1, 0.15) is 5.54 Å². The smallest absolute Gasteiger partial charge is 0.325 e. The fourth-order valence-corrected chi connectivity index (χ4v) is 2.62. The predicted molar refractivity (Wildman–Crippen MR) is 79.8 cm³/mol. The van der Waals surface area contributed by atoms with Gasteiger partial charge < -0.3 is 14.8 Å². The topological polar surface area (TPSA) is 50.8 Å². The molecule has 0 aromatic rings. The number of carbonyl (C=O) groups is 1. The second-order valence-corrected chi connectivity index (χ2v) is 5.67. The molecule has 20 heavy (non-hydrogen) atoms. The molecule has 0 radical (unpaired) electrons. The Hall–Kier alpha value is -0.650. The molecule has 2 unspecified atom stereocenters. The number of nitrogens with one attached hydrogen (secondary N) is 1. The highest BCUT2D eigenvalue weighted by atomic mass is 16.5. The van der Waals surface area contributed by atoms with Crippen LogP contribution in [0.4, 0.5) is 0 Å². The number of ether oxygens (including phenoxy) is 2. The lowest BCUT2D eigenvalue weighted by molar-refractivity contribution is -0.148. The summed E-state index contributed by atoms with van der Waals surface area (Å²) in [6.45, 7) is 10.5. The van der Waals surface area contributed by atoms with E-state index in [9.17, 15) is 4.79 Å². The van der Waals surface area contributed by atoms with Gasteiger partial charge in [-0.3, -0.25) is 9.69 Å². The highest BCUT2D eigenvalue weighted by molar-refractivity contribution is 5.80. The van der Waals surface area contributed by atoms with Crippen molar-refractivity contribution in [1.29, 1.82) is 0 Å². The summed E-state index contributed by atoms with van der Waals surface area (Å²) in [6.07, 6.45) is 2.84. The van der Waals surface area contributed by atoms with Gasteiger partial charge in [-0.05, 0) is 32.7 Å². The maximum Gasteiger partial charge on any atom is 0.325 e. The number of carbonyl (C=O) groups excluding carboxylic acids is 1. The third kappa shape index (κ3) is 4.72. The molecular weight excluding hydrogens is 256 g/mol. The van der Waals surface area contributed by atoms with Crippen LogP contribution in [0.5, 0.6) is 0 Å². The van der Waals surface area contributed by atoms with E-state index >= 15 is 0 Å². The van der Waals surface area contributed by atoms with Crippen molar-refractivity contribution < 1.29 is 14.3 Å². The normalized spacial score (nSPS) is 23.3. The predicted octanol–water partition coefficient (Wildman–Crippen LogP) is 1.42. The maximum absolute atomic E-state index is 12.0. The number of morpholine rings is 1. The van der Waals surface area contributed by atoms with Crippen molar-refractivity contribution in [3.63, 3.8) is 0 Å². The van der Waals surface area contributed by atoms with Gasteiger partial charge in [0.15, 0.2) is 0 Å². The average molecular weight is 286 g/mol. The van der Waals surface area contributed by atoms with Gasteiger partial charge in [-0.25, -0.2) is 0 Å². The third-order valence-electron chi connectivity index (χ3n) is 4.12. The summed E-state index contributed by atoms with van der Waals surface area (Å²) >= 11 is 0. The first-order valence-corrected chi connectivity index (χ1v) is 7.72. The first-order chi connectivity index (χ1) is 9.57. The van der Waals surface area contributed by atoms with E-state index in [1.165, 1.54) is 7.11 Å². The number of hydrogen-bond donors (Lipinski definition) is 1. The Balaban J connectivity index is 2.58. The lowest BCUT2D eigenvalue weighted by Crippen LogP contribution is -2.54. The Morgan fingerprint density at radius 3 is 2.85 bits per heavy atom. The lowest BCUT2D eigenvalue weighted by Gasteiger charge is -2.37. The molecule has 0 aliphatic carbocycles. The summed E-state index contributed by atoms with van der Waals surface area (Å²) in [5, 5.41) is 3.34. The van der Waals surface area contributed by atoms with Gasteiger partial charge in [-0.2, -0.15) is 0 Å². The van der Waals surface area contributed by atoms with Crippen LogP contribution in [-0.4, -0.2) is 62.4 Å². The van der Waals surface area contributed by atoms with Crippen LogP contribution in [0.3, 0.4) is 0 Å². The molecule has 1 fully saturated rings. The summed E-state index contributed by atoms with van der Waals surface area (Å²) in [7, 11) is 1.46. The van der Waals surface area contributed by atoms with Gasteiger partial charge in [-0.1, -0.05) is 13.8 Å². The van der Waals surface area contributed by atoms with E-state index in [1.54, 1.807) is 0 Å². The molecule has 0 aromatic heterocycles. The van der Waals surface area contributed by atoms with Crippen LogP contribution in [0.25, 0.3) is 0 Å². The summed E-state index contributed by atoms with van der Waals surface area (Å²) in [5.41, 5.74) is -0.596. The Kier molecular flexibility index (Phi) is 7.48. The number of methoxy groups -OCH3 is 1. The standard InChI is InChI=1S/C15H30N2O3/c1-5-8-16-15(3,14(18)19-4)7-9-17-10-11-20-12-13(17)6-2/h13,16H,5-12H2,1-4H3. The van der Waals surface area contributed by atoms with Gasteiger partial charge in [0.25, 0.3) is 0 Å². The molecule has 1 aliphatic heterocycles. The SMILES string of the molecule is CCCNC(C)(CCN1CCOCC1CC)C(=O)OC. The van der Waals surface area contributed by atoms with Crippen molar-refractivity contribution >= 4 is 5.97 Å². The Bertz CT molecular complexity index is 299. The summed E-state index contributed by atoms with van der Waals surface area (Å²) in [4.78, 5) is 14.5. The molecule has 5 heteroatoms. The molecule has 1 rings (SSSR count). The van der Waals surface area contributed by atoms with E-state index in [2.05, 4.69) is 24.1 Å². The number of hydrogen-bond acceptors (Lipinski definition) is 5. The van der Waals surface area contributed by atoms with Crippen molar-refractivity contribution in [3.8, 4) is 0 Å². The number of rotatable bonds is 8. The first-order valence-electron chi connectivity index (χ1n) is 7.72. The van der Waals surface area contributed by atoms with Crippen molar-refractivity contribution in [2.75, 3.05) is 40.0 Å².